The lowest BCUT2D eigenvalue weighted by molar-refractivity contribution is 0.0949. The maximum absolute atomic E-state index is 12.4. The van der Waals surface area contributed by atoms with Crippen LogP contribution in [-0.2, 0) is 16.4 Å². The molecule has 4 rings (SSSR count). The van der Waals surface area contributed by atoms with Crippen molar-refractivity contribution < 1.29 is 22.5 Å². The molecule has 0 atom stereocenters. The molecule has 0 saturated heterocycles. The third-order valence-electron chi connectivity index (χ3n) is 5.16. The second-order valence-electron chi connectivity index (χ2n) is 7.78. The van der Waals surface area contributed by atoms with Crippen LogP contribution in [-0.4, -0.2) is 31.0 Å². The monoisotopic (exact) mass is 438 g/mol. The van der Waals surface area contributed by atoms with E-state index in [0.29, 0.717) is 27.7 Å². The van der Waals surface area contributed by atoms with Crippen LogP contribution in [0.1, 0.15) is 50.6 Å². The molecule has 2 aromatic carbocycles. The highest BCUT2D eigenvalue weighted by Gasteiger charge is 2.28. The van der Waals surface area contributed by atoms with Crippen LogP contribution in [0.4, 0.5) is 0 Å². The first kappa shape index (κ1) is 21.0. The maximum Gasteiger partial charge on any atom is 0.251 e. The number of aromatic nitrogens is 1. The first-order valence-electron chi connectivity index (χ1n) is 10.00. The summed E-state index contributed by atoms with van der Waals surface area (Å²) in [7, 11) is -3.24. The molecule has 1 heterocycles. The molecule has 0 aliphatic heterocycles. The van der Waals surface area contributed by atoms with Crippen LogP contribution >= 0.6 is 0 Å². The minimum Gasteiger partial charge on any atom is -0.361 e. The predicted octanol–water partition coefficient (Wildman–Crippen LogP) is 3.33. The zero-order chi connectivity index (χ0) is 22.0. The highest BCUT2D eigenvalue weighted by Crippen LogP contribution is 2.32. The van der Waals surface area contributed by atoms with Crippen LogP contribution in [0.3, 0.4) is 0 Å². The number of amides is 1. The van der Waals surface area contributed by atoms with E-state index in [4.69, 9.17) is 4.52 Å². The summed E-state index contributed by atoms with van der Waals surface area (Å²) < 4.78 is 29.5. The van der Waals surface area contributed by atoms with E-state index in [2.05, 4.69) is 10.5 Å². The standard InChI is InChI=1S/C23H22N2O5S/c1-15-12-21(25-30-15)22(26)18-6-8-19(9-7-18)23(27)24-13-16-4-10-20(11-5-16)31(28,29)14-17-2-3-17/h4-12,17H,2-3,13-14H2,1H3,(H,24,27). The van der Waals surface area contributed by atoms with Crippen molar-refractivity contribution in [2.75, 3.05) is 5.75 Å². The molecule has 0 radical (unpaired) electrons. The zero-order valence-electron chi connectivity index (χ0n) is 17.0. The molecule has 0 unspecified atom stereocenters. The molecule has 1 amide bonds. The van der Waals surface area contributed by atoms with Crippen LogP contribution in [0.5, 0.6) is 0 Å². The van der Waals surface area contributed by atoms with Crippen molar-refractivity contribution in [3.63, 3.8) is 0 Å². The van der Waals surface area contributed by atoms with Gasteiger partial charge in [0, 0.05) is 23.7 Å². The van der Waals surface area contributed by atoms with Gasteiger partial charge >= 0.3 is 0 Å². The van der Waals surface area contributed by atoms with Crippen molar-refractivity contribution in [2.24, 2.45) is 5.92 Å². The second kappa shape index (κ2) is 8.47. The lowest BCUT2D eigenvalue weighted by Gasteiger charge is -2.08. The summed E-state index contributed by atoms with van der Waals surface area (Å²) in [5.41, 5.74) is 1.84. The first-order chi connectivity index (χ1) is 14.8. The normalized spacial score (nSPS) is 13.7. The van der Waals surface area contributed by atoms with Crippen molar-refractivity contribution >= 4 is 21.5 Å². The summed E-state index contributed by atoms with van der Waals surface area (Å²) in [6.45, 7) is 1.97. The molecule has 1 aromatic heterocycles. The van der Waals surface area contributed by atoms with Crippen LogP contribution in [0.2, 0.25) is 0 Å². The summed E-state index contributed by atoms with van der Waals surface area (Å²) in [5.74, 6) is 0.485. The molecule has 1 aliphatic carbocycles. The van der Waals surface area contributed by atoms with Gasteiger partial charge in [-0.3, -0.25) is 9.59 Å². The largest absolute Gasteiger partial charge is 0.361 e. The van der Waals surface area contributed by atoms with Crippen LogP contribution < -0.4 is 5.32 Å². The van der Waals surface area contributed by atoms with Gasteiger partial charge in [0.15, 0.2) is 15.5 Å². The van der Waals surface area contributed by atoms with Gasteiger partial charge in [-0.05, 0) is 55.5 Å². The Hall–Kier alpha value is -3.26. The molecule has 0 bridgehead atoms. The van der Waals surface area contributed by atoms with Crippen molar-refractivity contribution in [1.82, 2.24) is 10.5 Å². The molecule has 160 valence electrons. The Labute approximate surface area is 180 Å². The molecule has 0 spiro atoms. The van der Waals surface area contributed by atoms with E-state index >= 15 is 0 Å². The molecule has 1 N–H and O–H groups in total. The number of carbonyl (C=O) groups excluding carboxylic acids is 2. The van der Waals surface area contributed by atoms with Crippen molar-refractivity contribution in [2.45, 2.75) is 31.2 Å². The summed E-state index contributed by atoms with van der Waals surface area (Å²) >= 11 is 0. The van der Waals surface area contributed by atoms with Gasteiger partial charge in [-0.2, -0.15) is 0 Å². The second-order valence-corrected chi connectivity index (χ2v) is 9.81. The minimum atomic E-state index is -3.24. The van der Waals surface area contributed by atoms with Gasteiger partial charge in [-0.1, -0.05) is 29.4 Å². The fraction of sp³-hybridized carbons (Fsp3) is 0.261. The van der Waals surface area contributed by atoms with Gasteiger partial charge in [0.05, 0.1) is 10.6 Å². The lowest BCUT2D eigenvalue weighted by Crippen LogP contribution is -2.22. The van der Waals surface area contributed by atoms with E-state index in [1.165, 1.54) is 0 Å². The van der Waals surface area contributed by atoms with Crippen molar-refractivity contribution in [1.29, 1.82) is 0 Å². The molecular weight excluding hydrogens is 416 g/mol. The van der Waals surface area contributed by atoms with Gasteiger partial charge < -0.3 is 9.84 Å². The number of nitrogens with zero attached hydrogens (tertiary/aromatic N) is 1. The quantitative estimate of drug-likeness (QED) is 0.541. The highest BCUT2D eigenvalue weighted by molar-refractivity contribution is 7.91. The number of aryl methyl sites for hydroxylation is 1. The number of hydrogen-bond donors (Lipinski definition) is 1. The third kappa shape index (κ3) is 5.08. The fourth-order valence-electron chi connectivity index (χ4n) is 3.18. The molecule has 1 aliphatic rings. The minimum absolute atomic E-state index is 0.206. The molecule has 31 heavy (non-hydrogen) atoms. The van der Waals surface area contributed by atoms with E-state index < -0.39 is 9.84 Å². The van der Waals surface area contributed by atoms with Gasteiger partial charge in [-0.25, -0.2) is 8.42 Å². The Morgan fingerprint density at radius 1 is 1.03 bits per heavy atom. The molecule has 8 heteroatoms. The van der Waals surface area contributed by atoms with E-state index in [-0.39, 0.29) is 29.7 Å². The third-order valence-corrected chi connectivity index (χ3v) is 7.06. The topological polar surface area (TPSA) is 106 Å². The summed E-state index contributed by atoms with van der Waals surface area (Å²) in [6.07, 6.45) is 1.97. The number of ketones is 1. The number of carbonyl (C=O) groups is 2. The molecule has 3 aromatic rings. The van der Waals surface area contributed by atoms with Crippen LogP contribution in [0.25, 0.3) is 0 Å². The van der Waals surface area contributed by atoms with Gasteiger partial charge in [-0.15, -0.1) is 0 Å². The number of sulfone groups is 1. The van der Waals surface area contributed by atoms with Gasteiger partial charge in [0.25, 0.3) is 5.91 Å². The average molecular weight is 439 g/mol. The number of hydrogen-bond acceptors (Lipinski definition) is 6. The van der Waals surface area contributed by atoms with E-state index in [1.54, 1.807) is 61.5 Å². The van der Waals surface area contributed by atoms with Crippen LogP contribution in [0.15, 0.2) is 64.0 Å². The van der Waals surface area contributed by atoms with E-state index in [0.717, 1.165) is 18.4 Å². The fourth-order valence-corrected chi connectivity index (χ4v) is 4.88. The van der Waals surface area contributed by atoms with Crippen LogP contribution in [0, 0.1) is 12.8 Å². The number of nitrogens with one attached hydrogen (secondary N) is 1. The Kier molecular flexibility index (Phi) is 5.73. The summed E-state index contributed by atoms with van der Waals surface area (Å²) in [5, 5.41) is 6.51. The predicted molar refractivity (Wildman–Crippen MR) is 114 cm³/mol. The highest BCUT2D eigenvalue weighted by atomic mass is 32.2. The molecular formula is C23H22N2O5S. The molecule has 1 fully saturated rings. The number of benzene rings is 2. The first-order valence-corrected chi connectivity index (χ1v) is 11.6. The van der Waals surface area contributed by atoms with Gasteiger partial charge in [0.2, 0.25) is 5.78 Å². The summed E-state index contributed by atoms with van der Waals surface area (Å²) in [4.78, 5) is 25.1. The maximum atomic E-state index is 12.4. The zero-order valence-corrected chi connectivity index (χ0v) is 17.8. The Morgan fingerprint density at radius 2 is 1.68 bits per heavy atom. The Balaban J connectivity index is 1.34. The van der Waals surface area contributed by atoms with Crippen molar-refractivity contribution in [3.8, 4) is 0 Å². The van der Waals surface area contributed by atoms with Crippen molar-refractivity contribution in [3.05, 3.63) is 82.7 Å². The SMILES string of the molecule is Cc1cc(C(=O)c2ccc(C(=O)NCc3ccc(S(=O)(=O)CC4CC4)cc3)cc2)no1. The van der Waals surface area contributed by atoms with E-state index in [9.17, 15) is 18.0 Å². The lowest BCUT2D eigenvalue weighted by atomic mass is 10.1. The molecule has 1 saturated carbocycles. The smallest absolute Gasteiger partial charge is 0.251 e. The molecule has 7 nitrogen and oxygen atoms in total. The average Bonchev–Trinajstić information content (AvgIpc) is 3.47. The van der Waals surface area contributed by atoms with E-state index in [1.807, 2.05) is 0 Å². The van der Waals surface area contributed by atoms with Gasteiger partial charge in [0.1, 0.15) is 5.76 Å². The number of rotatable bonds is 8. The Bertz CT molecular complexity index is 1210. The summed E-state index contributed by atoms with van der Waals surface area (Å²) in [6, 6.07) is 14.4. The Morgan fingerprint density at radius 3 is 2.26 bits per heavy atom.